The molecule has 0 amide bonds. The molecule has 0 saturated carbocycles. The van der Waals surface area contributed by atoms with Crippen LogP contribution in [0.1, 0.15) is 15.9 Å². The van der Waals surface area contributed by atoms with E-state index >= 15 is 0 Å². The van der Waals surface area contributed by atoms with Crippen molar-refractivity contribution in [2.75, 3.05) is 37.0 Å². The van der Waals surface area contributed by atoms with E-state index in [-0.39, 0.29) is 22.8 Å². The summed E-state index contributed by atoms with van der Waals surface area (Å²) in [5, 5.41) is 9.21. The SMILES string of the molecule is Cc1ccc(OC(F)F)c(C(=O)CSc2nnc(N3CCOCC3)n2-c2ccccc2)c1. The molecule has 10 heteroatoms. The Morgan fingerprint density at radius 3 is 2.62 bits per heavy atom. The number of nitrogens with zero attached hydrogens (tertiary/aromatic N) is 4. The van der Waals surface area contributed by atoms with Crippen molar-refractivity contribution in [3.63, 3.8) is 0 Å². The summed E-state index contributed by atoms with van der Waals surface area (Å²) in [6.07, 6.45) is 0. The maximum absolute atomic E-state index is 12.9. The van der Waals surface area contributed by atoms with Crippen molar-refractivity contribution >= 4 is 23.5 Å². The highest BCUT2D eigenvalue weighted by atomic mass is 32.2. The number of ketones is 1. The summed E-state index contributed by atoms with van der Waals surface area (Å²) in [4.78, 5) is 15.0. The van der Waals surface area contributed by atoms with Crippen molar-refractivity contribution in [1.29, 1.82) is 0 Å². The summed E-state index contributed by atoms with van der Waals surface area (Å²) >= 11 is 1.20. The summed E-state index contributed by atoms with van der Waals surface area (Å²) < 4.78 is 37.4. The standard InChI is InChI=1S/C22H22F2N4O3S/c1-15-7-8-19(31-20(23)24)17(13-15)18(29)14-32-22-26-25-21(27-9-11-30-12-10-27)28(22)16-5-3-2-4-6-16/h2-8,13,20H,9-12,14H2,1H3. The molecule has 7 nitrogen and oxygen atoms in total. The number of Topliss-reactive ketones (excluding diaryl/α,β-unsaturated/α-hetero) is 1. The van der Waals surface area contributed by atoms with E-state index in [1.807, 2.05) is 34.9 Å². The van der Waals surface area contributed by atoms with Gasteiger partial charge in [-0.1, -0.05) is 41.6 Å². The zero-order valence-corrected chi connectivity index (χ0v) is 18.2. The first-order valence-corrected chi connectivity index (χ1v) is 11.1. The lowest BCUT2D eigenvalue weighted by Crippen LogP contribution is -2.37. The number of hydrogen-bond acceptors (Lipinski definition) is 7. The molecule has 2 heterocycles. The fourth-order valence-electron chi connectivity index (χ4n) is 3.40. The number of thioether (sulfide) groups is 1. The van der Waals surface area contributed by atoms with Gasteiger partial charge in [0.2, 0.25) is 5.95 Å². The Labute approximate surface area is 188 Å². The van der Waals surface area contributed by atoms with E-state index in [2.05, 4.69) is 19.8 Å². The van der Waals surface area contributed by atoms with Crippen LogP contribution in [-0.2, 0) is 4.74 Å². The van der Waals surface area contributed by atoms with Crippen LogP contribution in [0, 0.1) is 6.92 Å². The topological polar surface area (TPSA) is 69.5 Å². The first kappa shape index (κ1) is 22.2. The zero-order chi connectivity index (χ0) is 22.5. The van der Waals surface area contributed by atoms with Crippen molar-refractivity contribution in [3.8, 4) is 11.4 Å². The molecule has 0 spiro atoms. The van der Waals surface area contributed by atoms with Crippen molar-refractivity contribution in [2.24, 2.45) is 0 Å². The summed E-state index contributed by atoms with van der Waals surface area (Å²) in [5.74, 6) is 0.211. The second kappa shape index (κ2) is 10.1. The van der Waals surface area contributed by atoms with Crippen molar-refractivity contribution in [1.82, 2.24) is 14.8 Å². The average molecular weight is 461 g/mol. The van der Waals surface area contributed by atoms with Crippen LogP contribution in [0.5, 0.6) is 5.75 Å². The molecule has 0 atom stereocenters. The fourth-order valence-corrected chi connectivity index (χ4v) is 4.23. The molecule has 1 saturated heterocycles. The van der Waals surface area contributed by atoms with Gasteiger partial charge in [-0.2, -0.15) is 8.78 Å². The normalized spacial score (nSPS) is 14.1. The number of aryl methyl sites for hydroxylation is 1. The van der Waals surface area contributed by atoms with E-state index in [1.54, 1.807) is 19.1 Å². The van der Waals surface area contributed by atoms with Crippen molar-refractivity contribution in [2.45, 2.75) is 18.7 Å². The molecule has 1 fully saturated rings. The second-order valence-corrected chi connectivity index (χ2v) is 8.09. The molecule has 0 unspecified atom stereocenters. The van der Waals surface area contributed by atoms with E-state index in [4.69, 9.17) is 4.74 Å². The van der Waals surface area contributed by atoms with E-state index in [0.29, 0.717) is 37.4 Å². The fraction of sp³-hybridized carbons (Fsp3) is 0.318. The van der Waals surface area contributed by atoms with Crippen LogP contribution in [0.4, 0.5) is 14.7 Å². The number of aromatic nitrogens is 3. The molecule has 0 aliphatic carbocycles. The van der Waals surface area contributed by atoms with Crippen LogP contribution in [-0.4, -0.2) is 59.2 Å². The van der Waals surface area contributed by atoms with Crippen LogP contribution in [0.25, 0.3) is 5.69 Å². The van der Waals surface area contributed by atoms with Gasteiger partial charge in [-0.3, -0.25) is 9.36 Å². The van der Waals surface area contributed by atoms with Gasteiger partial charge < -0.3 is 14.4 Å². The summed E-state index contributed by atoms with van der Waals surface area (Å²) in [6, 6.07) is 14.2. The molecule has 1 aliphatic rings. The minimum Gasteiger partial charge on any atom is -0.434 e. The Morgan fingerprint density at radius 1 is 1.16 bits per heavy atom. The van der Waals surface area contributed by atoms with Gasteiger partial charge in [0.05, 0.1) is 30.2 Å². The second-order valence-electron chi connectivity index (χ2n) is 7.14. The number of morpholine rings is 1. The number of benzene rings is 2. The van der Waals surface area contributed by atoms with Gasteiger partial charge in [-0.15, -0.1) is 10.2 Å². The molecule has 0 bridgehead atoms. The van der Waals surface area contributed by atoms with Gasteiger partial charge in [0, 0.05) is 13.1 Å². The number of para-hydroxylation sites is 1. The molecule has 1 aliphatic heterocycles. The third-order valence-electron chi connectivity index (χ3n) is 4.91. The molecule has 1 aromatic heterocycles. The highest BCUT2D eigenvalue weighted by Gasteiger charge is 2.23. The van der Waals surface area contributed by atoms with Crippen LogP contribution in [0.15, 0.2) is 53.7 Å². The van der Waals surface area contributed by atoms with E-state index in [1.165, 1.54) is 17.8 Å². The molecular formula is C22H22F2N4O3S. The molecule has 168 valence electrons. The van der Waals surface area contributed by atoms with E-state index in [0.717, 1.165) is 11.3 Å². The molecule has 32 heavy (non-hydrogen) atoms. The number of carbonyl (C=O) groups is 1. The monoisotopic (exact) mass is 460 g/mol. The number of carbonyl (C=O) groups excluding carboxylic acids is 1. The number of rotatable bonds is 8. The minimum absolute atomic E-state index is 0.00285. The molecule has 4 rings (SSSR count). The molecule has 0 radical (unpaired) electrons. The van der Waals surface area contributed by atoms with Crippen LogP contribution in [0.2, 0.25) is 0 Å². The third-order valence-corrected chi connectivity index (χ3v) is 5.84. The maximum Gasteiger partial charge on any atom is 0.387 e. The quantitative estimate of drug-likeness (QED) is 0.372. The Balaban J connectivity index is 1.59. The molecule has 2 aromatic carbocycles. The molecular weight excluding hydrogens is 438 g/mol. The Hall–Kier alpha value is -2.98. The third kappa shape index (κ3) is 5.08. The van der Waals surface area contributed by atoms with Gasteiger partial charge in [0.25, 0.3) is 0 Å². The highest BCUT2D eigenvalue weighted by Crippen LogP contribution is 2.29. The zero-order valence-electron chi connectivity index (χ0n) is 17.4. The molecule has 3 aromatic rings. The molecule has 0 N–H and O–H groups in total. The summed E-state index contributed by atoms with van der Waals surface area (Å²) in [5.41, 5.74) is 1.77. The van der Waals surface area contributed by atoms with Gasteiger partial charge >= 0.3 is 6.61 Å². The predicted molar refractivity (Wildman–Crippen MR) is 117 cm³/mol. The van der Waals surface area contributed by atoms with Crippen molar-refractivity contribution < 1.29 is 23.0 Å². The van der Waals surface area contributed by atoms with Crippen LogP contribution < -0.4 is 9.64 Å². The summed E-state index contributed by atoms with van der Waals surface area (Å²) in [7, 11) is 0. The Bertz CT molecular complexity index is 1070. The summed E-state index contributed by atoms with van der Waals surface area (Å²) in [6.45, 7) is 1.36. The van der Waals surface area contributed by atoms with Gasteiger partial charge in [0.15, 0.2) is 10.9 Å². The maximum atomic E-state index is 12.9. The number of halogens is 2. The number of ether oxygens (including phenoxy) is 2. The minimum atomic E-state index is -3.01. The van der Waals surface area contributed by atoms with Gasteiger partial charge in [0.1, 0.15) is 5.75 Å². The first-order chi connectivity index (χ1) is 15.5. The smallest absolute Gasteiger partial charge is 0.387 e. The average Bonchev–Trinajstić information content (AvgIpc) is 3.23. The Kier molecular flexibility index (Phi) is 7.01. The predicted octanol–water partition coefficient (Wildman–Crippen LogP) is 3.99. The van der Waals surface area contributed by atoms with E-state index in [9.17, 15) is 13.6 Å². The number of anilines is 1. The lowest BCUT2D eigenvalue weighted by molar-refractivity contribution is -0.0501. The van der Waals surface area contributed by atoms with Gasteiger partial charge in [-0.05, 0) is 31.2 Å². The van der Waals surface area contributed by atoms with Crippen LogP contribution >= 0.6 is 11.8 Å². The van der Waals surface area contributed by atoms with Crippen LogP contribution in [0.3, 0.4) is 0 Å². The highest BCUT2D eigenvalue weighted by molar-refractivity contribution is 7.99. The van der Waals surface area contributed by atoms with E-state index < -0.39 is 6.61 Å². The van der Waals surface area contributed by atoms with Crippen molar-refractivity contribution in [3.05, 3.63) is 59.7 Å². The largest absolute Gasteiger partial charge is 0.434 e. The lowest BCUT2D eigenvalue weighted by Gasteiger charge is -2.27. The number of hydrogen-bond donors (Lipinski definition) is 0. The lowest BCUT2D eigenvalue weighted by atomic mass is 10.1. The number of alkyl halides is 2. The Morgan fingerprint density at radius 2 is 1.91 bits per heavy atom. The van der Waals surface area contributed by atoms with Gasteiger partial charge in [-0.25, -0.2) is 0 Å². The first-order valence-electron chi connectivity index (χ1n) is 10.1.